The van der Waals surface area contributed by atoms with Gasteiger partial charge in [0.1, 0.15) is 5.75 Å². The number of nitro benzene ring substituents is 1. The molecule has 0 saturated carbocycles. The minimum absolute atomic E-state index is 0.000535. The van der Waals surface area contributed by atoms with E-state index in [0.717, 1.165) is 17.2 Å². The van der Waals surface area contributed by atoms with E-state index in [1.165, 1.54) is 12.1 Å². The van der Waals surface area contributed by atoms with Crippen LogP contribution in [0.3, 0.4) is 0 Å². The monoisotopic (exact) mass is 762 g/mol. The normalized spacial score (nSPS) is 23.3. The summed E-state index contributed by atoms with van der Waals surface area (Å²) in [6.45, 7) is 6.91. The summed E-state index contributed by atoms with van der Waals surface area (Å²) in [7, 11) is -1.00. The van der Waals surface area contributed by atoms with E-state index in [1.807, 2.05) is 43.3 Å². The van der Waals surface area contributed by atoms with Gasteiger partial charge in [-0.25, -0.2) is 0 Å². The zero-order valence-electron chi connectivity index (χ0n) is 31.4. The molecule has 0 unspecified atom stereocenters. The molecular weight excluding hydrogens is 717 g/mol. The zero-order valence-corrected chi connectivity index (χ0v) is 32.4. The average Bonchev–Trinajstić information content (AvgIpc) is 3.85. The number of aliphatic hydroxyl groups excluding tert-OH is 1. The van der Waals surface area contributed by atoms with Crippen molar-refractivity contribution >= 4 is 48.0 Å². The van der Waals surface area contributed by atoms with Crippen molar-refractivity contribution in [2.24, 2.45) is 5.92 Å². The molecule has 4 aromatic carbocycles. The highest BCUT2D eigenvalue weighted by Crippen LogP contribution is 2.60. The van der Waals surface area contributed by atoms with Gasteiger partial charge < -0.3 is 29.7 Å². The third-order valence-electron chi connectivity index (χ3n) is 11.9. The summed E-state index contributed by atoms with van der Waals surface area (Å²) in [5.41, 5.74) is 0.633. The third kappa shape index (κ3) is 6.81. The van der Waals surface area contributed by atoms with Gasteiger partial charge in [0.25, 0.3) is 17.5 Å². The highest BCUT2D eigenvalue weighted by Gasteiger charge is 2.67. The van der Waals surface area contributed by atoms with Gasteiger partial charge >= 0.3 is 0 Å². The van der Waals surface area contributed by atoms with E-state index in [2.05, 4.69) is 18.4 Å². The van der Waals surface area contributed by atoms with E-state index < -0.39 is 30.6 Å². The van der Waals surface area contributed by atoms with Crippen LogP contribution in [0.1, 0.15) is 47.7 Å². The van der Waals surface area contributed by atoms with Gasteiger partial charge in [0.05, 0.1) is 57.5 Å². The van der Waals surface area contributed by atoms with E-state index >= 15 is 4.79 Å². The number of nitrogens with zero attached hydrogens (tertiary/aromatic N) is 3. The van der Waals surface area contributed by atoms with E-state index in [0.29, 0.717) is 41.2 Å². The lowest BCUT2D eigenvalue weighted by Gasteiger charge is -2.37. The summed E-state index contributed by atoms with van der Waals surface area (Å²) < 4.78 is 12.5. The number of methoxy groups -OCH3 is 1. The molecule has 13 heteroatoms. The number of non-ortho nitro benzene ring substituents is 1. The maximum atomic E-state index is 15.2. The fourth-order valence-corrected chi connectivity index (χ4v) is 13.1. The number of aliphatic hydroxyl groups is 1. The molecule has 12 nitrogen and oxygen atoms in total. The fraction of sp³-hybridized carbons (Fsp3) is 0.357. The third-order valence-corrected chi connectivity index (χ3v) is 16.2. The first-order chi connectivity index (χ1) is 26.4. The van der Waals surface area contributed by atoms with Crippen molar-refractivity contribution in [3.63, 3.8) is 0 Å². The summed E-state index contributed by atoms with van der Waals surface area (Å²) in [5.74, 6) is -0.553. The maximum Gasteiger partial charge on any atom is 0.269 e. The molecule has 2 saturated heterocycles. The minimum Gasteiger partial charge on any atom is -0.497 e. The van der Waals surface area contributed by atoms with Gasteiger partial charge in [0, 0.05) is 41.4 Å². The number of ether oxygens (including phenoxy) is 2. The number of nitrogens with one attached hydrogen (secondary N) is 1. The first-order valence-electron chi connectivity index (χ1n) is 18.7. The summed E-state index contributed by atoms with van der Waals surface area (Å²) >= 11 is 0. The number of hydrogen-bond donors (Lipinski definition) is 2. The molecule has 1 spiro atoms. The van der Waals surface area contributed by atoms with Gasteiger partial charge in [-0.3, -0.25) is 24.5 Å². The largest absolute Gasteiger partial charge is 0.497 e. The van der Waals surface area contributed by atoms with Crippen LogP contribution in [0.4, 0.5) is 17.1 Å². The van der Waals surface area contributed by atoms with Gasteiger partial charge in [0.15, 0.2) is 5.60 Å². The van der Waals surface area contributed by atoms with Crippen LogP contribution in [0.15, 0.2) is 97.1 Å². The fourth-order valence-electron chi connectivity index (χ4n) is 9.14. The number of nitro groups is 1. The van der Waals surface area contributed by atoms with E-state index in [1.54, 1.807) is 65.4 Å². The van der Waals surface area contributed by atoms with Crippen molar-refractivity contribution in [3.8, 4) is 5.75 Å². The molecule has 2 fully saturated rings. The predicted octanol–water partition coefficient (Wildman–Crippen LogP) is 5.99. The van der Waals surface area contributed by atoms with Crippen molar-refractivity contribution in [2.45, 2.75) is 69.1 Å². The van der Waals surface area contributed by atoms with Crippen LogP contribution in [0, 0.1) is 16.0 Å². The zero-order chi connectivity index (χ0) is 39.1. The number of anilines is 2. The number of benzene rings is 4. The lowest BCUT2D eigenvalue weighted by Crippen LogP contribution is -2.52. The lowest BCUT2D eigenvalue weighted by molar-refractivity contribution is -0.385. The maximum absolute atomic E-state index is 15.2. The summed E-state index contributed by atoms with van der Waals surface area (Å²) in [5, 5.41) is 26.3. The standard InChI is InChI=1S/C42H46N4O8Si/c1-27-39(55(3,4)34-18-16-33(53-2)17-19-34)37(24-38(48)44-21-9-14-32(44)26-47)54-42(27)35-23-31(46(51)52)15-20-36(35)45(41(42)50)25-28-10-8-13-30(22-28)43-40(49)29-11-6-5-7-12-29/h5-8,10-13,15-20,22-23,27,32,37,39,47H,9,14,21,24-26H2,1-4H3,(H,43,49)/t27-,32+,37+,39-,42+/m1/s1. The Hall–Kier alpha value is -5.37. The van der Waals surface area contributed by atoms with E-state index in [4.69, 9.17) is 9.47 Å². The molecule has 3 aliphatic rings. The Labute approximate surface area is 321 Å². The van der Waals surface area contributed by atoms with E-state index in [-0.39, 0.29) is 54.6 Å². The number of carbonyl (C=O) groups is 3. The molecule has 5 atom stereocenters. The van der Waals surface area contributed by atoms with Gasteiger partial charge in [0.2, 0.25) is 5.91 Å². The van der Waals surface area contributed by atoms with Gasteiger partial charge in [-0.1, -0.05) is 67.7 Å². The second-order valence-corrected chi connectivity index (χ2v) is 20.0. The van der Waals surface area contributed by atoms with Crippen LogP contribution < -0.4 is 20.1 Å². The second-order valence-electron chi connectivity index (χ2n) is 15.3. The smallest absolute Gasteiger partial charge is 0.269 e. The Morgan fingerprint density at radius 2 is 1.78 bits per heavy atom. The Kier molecular flexibility index (Phi) is 10.4. The molecule has 286 valence electrons. The van der Waals surface area contributed by atoms with Crippen LogP contribution in [-0.4, -0.2) is 73.1 Å². The van der Waals surface area contributed by atoms with Crippen molar-refractivity contribution < 1.29 is 33.9 Å². The Balaban J connectivity index is 1.28. The number of carbonyl (C=O) groups excluding carboxylic acids is 3. The molecule has 0 bridgehead atoms. The average molecular weight is 763 g/mol. The molecule has 55 heavy (non-hydrogen) atoms. The number of hydrogen-bond acceptors (Lipinski definition) is 8. The summed E-state index contributed by atoms with van der Waals surface area (Å²) in [4.78, 5) is 57.3. The second kappa shape index (κ2) is 15.0. The molecule has 4 aromatic rings. The molecule has 0 aliphatic carbocycles. The van der Waals surface area contributed by atoms with Crippen LogP contribution in [0.25, 0.3) is 0 Å². The predicted molar refractivity (Wildman–Crippen MR) is 211 cm³/mol. The minimum atomic E-state index is -2.61. The highest BCUT2D eigenvalue weighted by molar-refractivity contribution is 6.91. The Morgan fingerprint density at radius 1 is 1.04 bits per heavy atom. The Morgan fingerprint density at radius 3 is 2.47 bits per heavy atom. The lowest BCUT2D eigenvalue weighted by atomic mass is 9.82. The SMILES string of the molecule is COc1ccc([Si](C)(C)[C@H]2[C@H](CC(=O)N3CCC[C@H]3CO)O[C@@]3(C(=O)N(Cc4cccc(NC(=O)c5ccccc5)c4)c4ccc([N+](=O)[O-])cc43)[C@@H]2C)cc1. The van der Waals surface area contributed by atoms with Crippen LogP contribution in [0.2, 0.25) is 18.6 Å². The van der Waals surface area contributed by atoms with Crippen LogP contribution >= 0.6 is 0 Å². The van der Waals surface area contributed by atoms with Crippen molar-refractivity contribution in [1.82, 2.24) is 4.90 Å². The molecule has 3 amide bonds. The molecule has 0 aromatic heterocycles. The van der Waals surface area contributed by atoms with Crippen molar-refractivity contribution in [1.29, 1.82) is 0 Å². The molecule has 0 radical (unpaired) electrons. The number of rotatable bonds is 11. The molecule has 7 rings (SSSR count). The molecule has 3 heterocycles. The van der Waals surface area contributed by atoms with Gasteiger partial charge in [-0.15, -0.1) is 0 Å². The van der Waals surface area contributed by atoms with Gasteiger partial charge in [-0.2, -0.15) is 0 Å². The van der Waals surface area contributed by atoms with Crippen LogP contribution in [0.5, 0.6) is 5.75 Å². The number of fused-ring (bicyclic) bond motifs is 2. The summed E-state index contributed by atoms with van der Waals surface area (Å²) in [6, 6.07) is 28.2. The topological polar surface area (TPSA) is 152 Å². The first kappa shape index (κ1) is 37.9. The molecule has 2 N–H and O–H groups in total. The number of amides is 3. The number of likely N-dealkylation sites (tertiary alicyclic amines) is 1. The Bertz CT molecular complexity index is 2110. The van der Waals surface area contributed by atoms with Crippen molar-refractivity contribution in [3.05, 3.63) is 124 Å². The van der Waals surface area contributed by atoms with Crippen LogP contribution in [-0.2, 0) is 26.5 Å². The van der Waals surface area contributed by atoms with Crippen molar-refractivity contribution in [2.75, 3.05) is 30.5 Å². The van der Waals surface area contributed by atoms with Gasteiger partial charge in [-0.05, 0) is 66.4 Å². The quantitative estimate of drug-likeness (QED) is 0.107. The summed E-state index contributed by atoms with van der Waals surface area (Å²) in [6.07, 6.45) is 0.810. The first-order valence-corrected chi connectivity index (χ1v) is 21.8. The van der Waals surface area contributed by atoms with E-state index in [9.17, 15) is 24.8 Å². The molecular formula is C42H46N4O8Si. The highest BCUT2D eigenvalue weighted by atomic mass is 28.3. The molecule has 3 aliphatic heterocycles.